The largest absolute Gasteiger partial charge is 0.338 e. The van der Waals surface area contributed by atoms with Gasteiger partial charge in [0.15, 0.2) is 5.78 Å². The molecule has 0 spiro atoms. The maximum Gasteiger partial charge on any atom is 0.159 e. The van der Waals surface area contributed by atoms with Crippen LogP contribution in [0.4, 0.5) is 0 Å². The van der Waals surface area contributed by atoms with Crippen LogP contribution in [0.25, 0.3) is 0 Å². The lowest BCUT2D eigenvalue weighted by Crippen LogP contribution is -2.34. The Bertz CT molecular complexity index is 1300. The number of carbonyl (C=O) groups is 2. The molecule has 5 atom stereocenters. The molecule has 5 aliphatic rings. The molecule has 6 rings (SSSR count). The van der Waals surface area contributed by atoms with E-state index in [2.05, 4.69) is 77.8 Å². The first kappa shape index (κ1) is 23.0. The molecule has 0 bridgehead atoms. The molecule has 1 heterocycles. The van der Waals surface area contributed by atoms with Crippen molar-refractivity contribution in [1.82, 2.24) is 4.90 Å². The zero-order valence-electron chi connectivity index (χ0n) is 20.8. The van der Waals surface area contributed by atoms with E-state index >= 15 is 0 Å². The van der Waals surface area contributed by atoms with Crippen LogP contribution in [0.15, 0.2) is 108 Å². The van der Waals surface area contributed by atoms with Gasteiger partial charge in [-0.25, -0.2) is 0 Å². The molecule has 1 aromatic carbocycles. The van der Waals surface area contributed by atoms with E-state index in [0.717, 1.165) is 44.0 Å². The van der Waals surface area contributed by atoms with Crippen LogP contribution in [0.2, 0.25) is 0 Å². The van der Waals surface area contributed by atoms with E-state index in [0.29, 0.717) is 23.8 Å². The van der Waals surface area contributed by atoms with Crippen LogP contribution in [-0.2, 0) is 4.79 Å². The Hall–Kier alpha value is -3.46. The molecule has 0 N–H and O–H groups in total. The summed E-state index contributed by atoms with van der Waals surface area (Å²) in [7, 11) is 0. The highest BCUT2D eigenvalue weighted by Gasteiger charge is 2.44. The molecule has 0 radical (unpaired) electrons. The smallest absolute Gasteiger partial charge is 0.159 e. The fourth-order valence-electron chi connectivity index (χ4n) is 6.62. The Labute approximate surface area is 214 Å². The molecule has 3 nitrogen and oxygen atoms in total. The van der Waals surface area contributed by atoms with E-state index in [9.17, 15) is 9.59 Å². The average molecular weight is 476 g/mol. The molecule has 182 valence electrons. The van der Waals surface area contributed by atoms with Crippen LogP contribution in [0.3, 0.4) is 0 Å². The first-order valence-electron chi connectivity index (χ1n) is 13.3. The van der Waals surface area contributed by atoms with E-state index in [4.69, 9.17) is 0 Å². The van der Waals surface area contributed by atoms with Crippen LogP contribution >= 0.6 is 0 Å². The Balaban J connectivity index is 1.35. The summed E-state index contributed by atoms with van der Waals surface area (Å²) in [6, 6.07) is 8.51. The Morgan fingerprint density at radius 1 is 1.08 bits per heavy atom. The minimum Gasteiger partial charge on any atom is -0.338 e. The van der Waals surface area contributed by atoms with Gasteiger partial charge in [0.25, 0.3) is 0 Å². The molecule has 0 fully saturated rings. The van der Waals surface area contributed by atoms with Gasteiger partial charge in [-0.3, -0.25) is 4.79 Å². The number of benzene rings is 1. The van der Waals surface area contributed by atoms with Crippen LogP contribution in [-0.4, -0.2) is 23.0 Å². The fourth-order valence-corrected chi connectivity index (χ4v) is 6.62. The van der Waals surface area contributed by atoms with Crippen molar-refractivity contribution in [1.29, 1.82) is 0 Å². The van der Waals surface area contributed by atoms with Crippen LogP contribution in [0, 0.1) is 17.8 Å². The normalized spacial score (nSPS) is 30.6. The average Bonchev–Trinajstić information content (AvgIpc) is 3.26. The number of hydrogen-bond acceptors (Lipinski definition) is 3. The number of allylic oxidation sites excluding steroid dienone is 11. The number of ketones is 1. The van der Waals surface area contributed by atoms with Crippen molar-refractivity contribution < 1.29 is 9.59 Å². The van der Waals surface area contributed by atoms with E-state index in [1.54, 1.807) is 12.5 Å². The van der Waals surface area contributed by atoms with Crippen molar-refractivity contribution in [2.24, 2.45) is 17.8 Å². The van der Waals surface area contributed by atoms with E-state index in [-0.39, 0.29) is 11.7 Å². The minimum atomic E-state index is -0.00340. The Morgan fingerprint density at radius 2 is 2.00 bits per heavy atom. The minimum absolute atomic E-state index is 0.00340. The second-order valence-electron chi connectivity index (χ2n) is 10.7. The van der Waals surface area contributed by atoms with Gasteiger partial charge in [-0.05, 0) is 74.0 Å². The maximum absolute atomic E-state index is 12.0. The van der Waals surface area contributed by atoms with Gasteiger partial charge >= 0.3 is 0 Å². The first-order valence-corrected chi connectivity index (χ1v) is 13.3. The van der Waals surface area contributed by atoms with Gasteiger partial charge in [-0.2, -0.15) is 0 Å². The fraction of sp³-hybridized carbons (Fsp3) is 0.333. The van der Waals surface area contributed by atoms with Crippen molar-refractivity contribution in [3.63, 3.8) is 0 Å². The van der Waals surface area contributed by atoms with Crippen molar-refractivity contribution >= 4 is 12.1 Å². The van der Waals surface area contributed by atoms with Crippen molar-refractivity contribution in [3.8, 4) is 0 Å². The summed E-state index contributed by atoms with van der Waals surface area (Å²) in [4.78, 5) is 26.1. The zero-order valence-corrected chi connectivity index (χ0v) is 20.8. The lowest BCUT2D eigenvalue weighted by molar-refractivity contribution is -0.109. The molecule has 0 saturated heterocycles. The third-order valence-corrected chi connectivity index (χ3v) is 8.47. The molecular formula is C33H33NO2. The number of Topliss-reactive ketones (excluding diaryl/α,β-unsaturated/α-hetero) is 1. The van der Waals surface area contributed by atoms with Crippen LogP contribution < -0.4 is 0 Å². The monoisotopic (exact) mass is 475 g/mol. The van der Waals surface area contributed by atoms with Gasteiger partial charge < -0.3 is 9.69 Å². The number of hydrogen-bond donors (Lipinski definition) is 0. The summed E-state index contributed by atoms with van der Waals surface area (Å²) in [5.41, 5.74) is 7.61. The van der Waals surface area contributed by atoms with Gasteiger partial charge in [0.05, 0.1) is 6.04 Å². The Kier molecular flexibility index (Phi) is 6.08. The third-order valence-electron chi connectivity index (χ3n) is 8.47. The first-order chi connectivity index (χ1) is 17.6. The van der Waals surface area contributed by atoms with Gasteiger partial charge in [-0.15, -0.1) is 0 Å². The number of aldehydes is 1. The molecule has 0 saturated carbocycles. The predicted octanol–water partition coefficient (Wildman–Crippen LogP) is 7.00. The van der Waals surface area contributed by atoms with Crippen molar-refractivity contribution in [2.75, 3.05) is 0 Å². The molecule has 1 aromatic rings. The second-order valence-corrected chi connectivity index (χ2v) is 10.7. The molecule has 5 unspecified atom stereocenters. The van der Waals surface area contributed by atoms with Crippen LogP contribution in [0.5, 0.6) is 0 Å². The molecular weight excluding hydrogens is 442 g/mol. The lowest BCUT2D eigenvalue weighted by atomic mass is 9.73. The van der Waals surface area contributed by atoms with Gasteiger partial charge in [0.2, 0.25) is 0 Å². The number of nitrogens with zero attached hydrogens (tertiary/aromatic N) is 1. The van der Waals surface area contributed by atoms with Crippen molar-refractivity contribution in [3.05, 3.63) is 119 Å². The lowest BCUT2D eigenvalue weighted by Gasteiger charge is -2.36. The maximum atomic E-state index is 12.0. The molecule has 1 aliphatic heterocycles. The summed E-state index contributed by atoms with van der Waals surface area (Å²) in [6.07, 6.45) is 28.8. The summed E-state index contributed by atoms with van der Waals surface area (Å²) < 4.78 is 0. The van der Waals surface area contributed by atoms with E-state index < -0.39 is 0 Å². The molecule has 0 amide bonds. The SMILES string of the molecule is CC(=O)c1cccc(C2C=CC3C(C2)C2=C(C=CC(C4=CC(C=O)CC=C4)C2)N3C2=CC=CCC2)c1. The highest BCUT2D eigenvalue weighted by atomic mass is 16.1. The Morgan fingerprint density at radius 3 is 2.81 bits per heavy atom. The van der Waals surface area contributed by atoms with Crippen LogP contribution in [0.1, 0.15) is 60.9 Å². The van der Waals surface area contributed by atoms with Gasteiger partial charge in [0.1, 0.15) is 6.29 Å². The molecule has 0 aromatic heterocycles. The van der Waals surface area contributed by atoms with Gasteiger partial charge in [0, 0.05) is 40.6 Å². The topological polar surface area (TPSA) is 37.4 Å². The quantitative estimate of drug-likeness (QED) is 0.261. The van der Waals surface area contributed by atoms with Crippen molar-refractivity contribution in [2.45, 2.75) is 51.0 Å². The van der Waals surface area contributed by atoms with E-state index in [1.165, 1.54) is 22.5 Å². The number of carbonyl (C=O) groups excluding carboxylic acids is 2. The molecule has 36 heavy (non-hydrogen) atoms. The molecule has 4 aliphatic carbocycles. The number of fused-ring (bicyclic) bond motifs is 2. The number of rotatable bonds is 5. The third kappa shape index (κ3) is 4.11. The zero-order chi connectivity index (χ0) is 24.6. The highest BCUT2D eigenvalue weighted by Crippen LogP contribution is 2.51. The standard InChI is InChI=1S/C33H33NO2/c1-22(36)24-8-6-10-26(18-24)28-14-16-33-31(20-28)30-19-27(25-9-5-7-23(17-25)21-35)13-15-32(30)34(33)29-11-3-2-4-12-29/h2-3,5-6,8-11,13-18,21,23,27-28,31,33H,4,7,12,19-20H2,1H3. The predicted molar refractivity (Wildman–Crippen MR) is 144 cm³/mol. The summed E-state index contributed by atoms with van der Waals surface area (Å²) in [6.45, 7) is 1.64. The van der Waals surface area contributed by atoms with Gasteiger partial charge in [-0.1, -0.05) is 66.8 Å². The van der Waals surface area contributed by atoms with E-state index in [1.807, 2.05) is 12.1 Å². The summed E-state index contributed by atoms with van der Waals surface area (Å²) >= 11 is 0. The second kappa shape index (κ2) is 9.54. The summed E-state index contributed by atoms with van der Waals surface area (Å²) in [5.74, 6) is 1.17. The summed E-state index contributed by atoms with van der Waals surface area (Å²) in [5, 5.41) is 0. The molecule has 3 heteroatoms. The highest BCUT2D eigenvalue weighted by molar-refractivity contribution is 5.94.